The molecule has 0 atom stereocenters. The Labute approximate surface area is 192 Å². The number of benzene rings is 2. The minimum atomic E-state index is -0.949. The molecule has 0 aliphatic heterocycles. The minimum Gasteiger partial charge on any atom is -0.344 e. The third-order valence-electron chi connectivity index (χ3n) is 5.40. The summed E-state index contributed by atoms with van der Waals surface area (Å²) in [4.78, 5) is 36.5. The lowest BCUT2D eigenvalue weighted by Crippen LogP contribution is -2.39. The molecule has 1 aliphatic rings. The molecule has 0 unspecified atom stereocenters. The van der Waals surface area contributed by atoms with Crippen LogP contribution in [0.1, 0.15) is 40.7 Å². The van der Waals surface area contributed by atoms with Crippen LogP contribution in [0.2, 0.25) is 0 Å². The zero-order valence-electron chi connectivity index (χ0n) is 17.0. The number of ketones is 1. The second-order valence-corrected chi connectivity index (χ2v) is 8.40. The van der Waals surface area contributed by atoms with Crippen LogP contribution < -0.4 is 10.6 Å². The third-order valence-corrected chi connectivity index (χ3v) is 6.01. The molecular formula is C23H20BrFN4O3. The van der Waals surface area contributed by atoms with Gasteiger partial charge in [-0.2, -0.15) is 5.26 Å². The second kappa shape index (κ2) is 9.83. The number of hydrogen-bond acceptors (Lipinski definition) is 5. The lowest BCUT2D eigenvalue weighted by Gasteiger charge is -2.18. The summed E-state index contributed by atoms with van der Waals surface area (Å²) >= 11 is 3.19. The molecule has 1 saturated carbocycles. The van der Waals surface area contributed by atoms with Crippen molar-refractivity contribution in [2.24, 2.45) is 0 Å². The maximum absolute atomic E-state index is 14.6. The maximum atomic E-state index is 14.6. The molecule has 2 amide bonds. The van der Waals surface area contributed by atoms with Crippen LogP contribution in [-0.4, -0.2) is 29.9 Å². The van der Waals surface area contributed by atoms with Gasteiger partial charge in [0.2, 0.25) is 5.78 Å². The first-order valence-corrected chi connectivity index (χ1v) is 10.7. The number of carbonyl (C=O) groups is 3. The third kappa shape index (κ3) is 5.08. The van der Waals surface area contributed by atoms with Crippen molar-refractivity contribution in [2.75, 3.05) is 6.54 Å². The molecule has 32 heavy (non-hydrogen) atoms. The summed E-state index contributed by atoms with van der Waals surface area (Å²) in [5, 5.41) is 21.4. The number of amides is 2. The zero-order valence-corrected chi connectivity index (χ0v) is 18.6. The Morgan fingerprint density at radius 1 is 1.09 bits per heavy atom. The van der Waals surface area contributed by atoms with E-state index in [1.807, 2.05) is 0 Å². The van der Waals surface area contributed by atoms with E-state index in [0.29, 0.717) is 28.4 Å². The fourth-order valence-corrected chi connectivity index (χ4v) is 3.90. The molecule has 3 N–H and O–H groups in total. The molecule has 0 saturated heterocycles. The van der Waals surface area contributed by atoms with Gasteiger partial charge in [0.25, 0.3) is 0 Å². The number of Topliss-reactive ketones (excluding diaryl/α,β-unsaturated/α-hetero) is 1. The summed E-state index contributed by atoms with van der Waals surface area (Å²) in [6.07, 6.45) is 1.48. The van der Waals surface area contributed by atoms with Gasteiger partial charge in [-0.3, -0.25) is 14.4 Å². The van der Waals surface area contributed by atoms with Gasteiger partial charge in [-0.05, 0) is 46.0 Å². The van der Waals surface area contributed by atoms with Crippen LogP contribution in [0, 0.1) is 22.6 Å². The Kier molecular flexibility index (Phi) is 7.15. The molecule has 1 aliphatic carbocycles. The van der Waals surface area contributed by atoms with E-state index in [1.165, 1.54) is 0 Å². The van der Waals surface area contributed by atoms with Crippen LogP contribution >= 0.6 is 15.9 Å². The van der Waals surface area contributed by atoms with Gasteiger partial charge in [0, 0.05) is 23.9 Å². The molecular weight excluding hydrogens is 479 g/mol. The number of halogens is 2. The van der Waals surface area contributed by atoms with Crippen molar-refractivity contribution in [3.63, 3.8) is 0 Å². The van der Waals surface area contributed by atoms with E-state index >= 15 is 0 Å². The predicted molar refractivity (Wildman–Crippen MR) is 119 cm³/mol. The lowest BCUT2D eigenvalue weighted by molar-refractivity contribution is -0.139. The SMILES string of the molecule is N#CCNC(=O)C(=O)NCc1ccccc1C(=O)C(=N)CC1(c2cccc(Br)c2F)CC1. The minimum absolute atomic E-state index is 0.0978. The number of rotatable bonds is 8. The summed E-state index contributed by atoms with van der Waals surface area (Å²) in [5.74, 6) is -2.76. The van der Waals surface area contributed by atoms with E-state index in [9.17, 15) is 18.8 Å². The molecule has 164 valence electrons. The average Bonchev–Trinajstić information content (AvgIpc) is 3.57. The summed E-state index contributed by atoms with van der Waals surface area (Å²) < 4.78 is 14.9. The van der Waals surface area contributed by atoms with Crippen molar-refractivity contribution in [3.05, 3.63) is 69.4 Å². The zero-order chi connectivity index (χ0) is 23.3. The highest BCUT2D eigenvalue weighted by Gasteiger charge is 2.47. The molecule has 2 aromatic carbocycles. The highest BCUT2D eigenvalue weighted by Crippen LogP contribution is 2.52. The first kappa shape index (κ1) is 23.3. The molecule has 1 fully saturated rings. The first-order valence-electron chi connectivity index (χ1n) is 9.86. The molecule has 0 bridgehead atoms. The highest BCUT2D eigenvalue weighted by atomic mass is 79.9. The van der Waals surface area contributed by atoms with Crippen molar-refractivity contribution >= 4 is 39.2 Å². The van der Waals surface area contributed by atoms with Gasteiger partial charge < -0.3 is 16.0 Å². The Balaban J connectivity index is 1.71. The molecule has 2 aromatic rings. The molecule has 7 nitrogen and oxygen atoms in total. The van der Waals surface area contributed by atoms with Crippen LogP contribution in [0.4, 0.5) is 4.39 Å². The Morgan fingerprint density at radius 2 is 1.78 bits per heavy atom. The van der Waals surface area contributed by atoms with E-state index < -0.39 is 23.0 Å². The molecule has 0 radical (unpaired) electrons. The Hall–Kier alpha value is -3.38. The van der Waals surface area contributed by atoms with Crippen LogP contribution in [0.5, 0.6) is 0 Å². The molecule has 0 aromatic heterocycles. The standard InChI is InChI=1S/C23H20BrFN4O3/c24-17-7-3-6-16(19(17)25)23(8-9-23)12-18(27)20(30)15-5-2-1-4-14(15)13-29-22(32)21(31)28-11-10-26/h1-7,27H,8-9,11-13H2,(H,28,31)(H,29,32). The van der Waals surface area contributed by atoms with Gasteiger partial charge in [0.1, 0.15) is 12.4 Å². The largest absolute Gasteiger partial charge is 0.344 e. The molecule has 9 heteroatoms. The van der Waals surface area contributed by atoms with Crippen molar-refractivity contribution in [3.8, 4) is 6.07 Å². The second-order valence-electron chi connectivity index (χ2n) is 7.55. The fourth-order valence-electron chi connectivity index (χ4n) is 3.54. The van der Waals surface area contributed by atoms with Gasteiger partial charge >= 0.3 is 11.8 Å². The van der Waals surface area contributed by atoms with Crippen LogP contribution in [0.15, 0.2) is 46.9 Å². The van der Waals surface area contributed by atoms with E-state index in [-0.39, 0.29) is 36.6 Å². The average molecular weight is 499 g/mol. The molecule has 0 heterocycles. The Morgan fingerprint density at radius 3 is 2.47 bits per heavy atom. The van der Waals surface area contributed by atoms with Crippen molar-refractivity contribution in [1.29, 1.82) is 10.7 Å². The number of hydrogen-bond donors (Lipinski definition) is 3. The van der Waals surface area contributed by atoms with Crippen molar-refractivity contribution in [2.45, 2.75) is 31.2 Å². The van der Waals surface area contributed by atoms with Crippen LogP contribution in [-0.2, 0) is 21.5 Å². The summed E-state index contributed by atoms with van der Waals surface area (Å²) in [6, 6.07) is 13.2. The lowest BCUT2D eigenvalue weighted by atomic mass is 9.87. The highest BCUT2D eigenvalue weighted by molar-refractivity contribution is 9.10. The number of nitrogens with one attached hydrogen (secondary N) is 3. The normalized spacial score (nSPS) is 13.5. The van der Waals surface area contributed by atoms with Crippen molar-refractivity contribution in [1.82, 2.24) is 10.6 Å². The molecule has 3 rings (SSSR count). The van der Waals surface area contributed by atoms with E-state index in [2.05, 4.69) is 26.6 Å². The van der Waals surface area contributed by atoms with Gasteiger partial charge in [-0.1, -0.05) is 36.4 Å². The number of nitrogens with zero attached hydrogens (tertiary/aromatic N) is 1. The fraction of sp³-hybridized carbons (Fsp3) is 0.261. The van der Waals surface area contributed by atoms with Gasteiger partial charge in [-0.15, -0.1) is 0 Å². The van der Waals surface area contributed by atoms with Gasteiger partial charge in [0.05, 0.1) is 16.3 Å². The van der Waals surface area contributed by atoms with E-state index in [4.69, 9.17) is 10.7 Å². The van der Waals surface area contributed by atoms with Crippen LogP contribution in [0.3, 0.4) is 0 Å². The first-order chi connectivity index (χ1) is 15.3. The van der Waals surface area contributed by atoms with Crippen molar-refractivity contribution < 1.29 is 18.8 Å². The van der Waals surface area contributed by atoms with Crippen LogP contribution in [0.25, 0.3) is 0 Å². The van der Waals surface area contributed by atoms with E-state index in [0.717, 1.165) is 0 Å². The monoisotopic (exact) mass is 498 g/mol. The van der Waals surface area contributed by atoms with E-state index in [1.54, 1.807) is 48.5 Å². The van der Waals surface area contributed by atoms with Gasteiger partial charge in [0.15, 0.2) is 0 Å². The quantitative estimate of drug-likeness (QED) is 0.224. The molecule has 0 spiro atoms. The maximum Gasteiger partial charge on any atom is 0.310 e. The number of nitriles is 1. The predicted octanol–water partition coefficient (Wildman–Crippen LogP) is 3.17. The Bertz CT molecular complexity index is 1140. The summed E-state index contributed by atoms with van der Waals surface area (Å²) in [5.41, 5.74) is 0.464. The summed E-state index contributed by atoms with van der Waals surface area (Å²) in [6.45, 7) is -0.391. The smallest absolute Gasteiger partial charge is 0.310 e. The number of carbonyl (C=O) groups excluding carboxylic acids is 3. The topological polar surface area (TPSA) is 123 Å². The van der Waals surface area contributed by atoms with Gasteiger partial charge in [-0.25, -0.2) is 4.39 Å². The summed E-state index contributed by atoms with van der Waals surface area (Å²) in [7, 11) is 0.